The maximum absolute atomic E-state index is 11.5. The van der Waals surface area contributed by atoms with E-state index >= 15 is 0 Å². The number of carbonyl (C=O) groups excluding carboxylic acids is 1. The lowest BCUT2D eigenvalue weighted by molar-refractivity contribution is -0.120. The molecule has 1 aromatic rings. The highest BCUT2D eigenvalue weighted by Crippen LogP contribution is 2.31. The molecule has 0 unspecified atom stereocenters. The summed E-state index contributed by atoms with van der Waals surface area (Å²) in [5.41, 5.74) is 0.934. The third-order valence-corrected chi connectivity index (χ3v) is 2.65. The van der Waals surface area contributed by atoms with Crippen LogP contribution in [-0.4, -0.2) is 17.9 Å². The Morgan fingerprint density at radius 3 is 3.00 bits per heavy atom. The summed E-state index contributed by atoms with van der Waals surface area (Å²) < 4.78 is 5.03. The van der Waals surface area contributed by atoms with Crippen molar-refractivity contribution in [1.82, 2.24) is 4.98 Å². The predicted octanol–water partition coefficient (Wildman–Crippen LogP) is 2.00. The molecule has 1 aromatic heterocycles. The summed E-state index contributed by atoms with van der Waals surface area (Å²) in [5, 5.41) is 0. The minimum absolute atomic E-state index is 0.357. The number of Topliss-reactive ketones (excluding diaryl/α,β-unsaturated/α-hetero) is 1. The van der Waals surface area contributed by atoms with Gasteiger partial charge in [-0.2, -0.15) is 0 Å². The van der Waals surface area contributed by atoms with Crippen LogP contribution in [-0.2, 0) is 11.2 Å². The Hall–Kier alpha value is -1.38. The van der Waals surface area contributed by atoms with Crippen LogP contribution < -0.4 is 4.74 Å². The van der Waals surface area contributed by atoms with Gasteiger partial charge in [0.25, 0.3) is 0 Å². The fourth-order valence-corrected chi connectivity index (χ4v) is 1.57. The molecule has 0 bridgehead atoms. The Balaban J connectivity index is 1.89. The van der Waals surface area contributed by atoms with Gasteiger partial charge in [-0.15, -0.1) is 0 Å². The van der Waals surface area contributed by atoms with E-state index in [2.05, 4.69) is 4.98 Å². The smallest absolute Gasteiger partial charge is 0.213 e. The first-order valence-corrected chi connectivity index (χ1v) is 5.32. The van der Waals surface area contributed by atoms with Crippen LogP contribution >= 0.6 is 0 Å². The van der Waals surface area contributed by atoms with Gasteiger partial charge in [-0.05, 0) is 25.3 Å². The first kappa shape index (κ1) is 10.1. The Labute approximate surface area is 89.5 Å². The first-order valence-electron chi connectivity index (χ1n) is 5.32. The van der Waals surface area contributed by atoms with E-state index in [1.807, 2.05) is 18.2 Å². The highest BCUT2D eigenvalue weighted by molar-refractivity contribution is 5.83. The topological polar surface area (TPSA) is 39.2 Å². The Bertz CT molecular complexity index is 358. The van der Waals surface area contributed by atoms with Crippen molar-refractivity contribution in [3.8, 4) is 5.88 Å². The van der Waals surface area contributed by atoms with E-state index in [-0.39, 0.29) is 0 Å². The lowest BCUT2D eigenvalue weighted by atomic mass is 10.1. The lowest BCUT2D eigenvalue weighted by Crippen LogP contribution is -2.03. The van der Waals surface area contributed by atoms with Gasteiger partial charge in [-0.3, -0.25) is 4.79 Å². The van der Waals surface area contributed by atoms with Crippen LogP contribution in [0.1, 0.15) is 25.0 Å². The molecule has 1 fully saturated rings. The molecule has 0 atom stereocenters. The van der Waals surface area contributed by atoms with Crippen LogP contribution in [0, 0.1) is 5.92 Å². The molecule has 0 aliphatic heterocycles. The van der Waals surface area contributed by atoms with Crippen molar-refractivity contribution in [2.45, 2.75) is 25.7 Å². The van der Waals surface area contributed by atoms with Gasteiger partial charge in [-0.1, -0.05) is 6.07 Å². The van der Waals surface area contributed by atoms with Crippen molar-refractivity contribution >= 4 is 5.78 Å². The number of carbonyl (C=O) groups is 1. The molecule has 0 saturated heterocycles. The van der Waals surface area contributed by atoms with Crippen LogP contribution in [0.25, 0.3) is 0 Å². The van der Waals surface area contributed by atoms with Crippen molar-refractivity contribution in [1.29, 1.82) is 0 Å². The van der Waals surface area contributed by atoms with E-state index < -0.39 is 0 Å². The molecule has 15 heavy (non-hydrogen) atoms. The number of ketones is 1. The molecule has 0 spiro atoms. The molecule has 3 heteroatoms. The van der Waals surface area contributed by atoms with Gasteiger partial charge in [0, 0.05) is 24.1 Å². The van der Waals surface area contributed by atoms with Crippen molar-refractivity contribution in [3.05, 3.63) is 23.9 Å². The highest BCUT2D eigenvalue weighted by Gasteiger charge is 2.28. The third-order valence-electron chi connectivity index (χ3n) is 2.65. The third kappa shape index (κ3) is 2.78. The summed E-state index contributed by atoms with van der Waals surface area (Å²) in [7, 11) is 1.60. The number of pyridine rings is 1. The molecule has 0 amide bonds. The molecule has 1 aliphatic rings. The molecule has 3 nitrogen and oxygen atoms in total. The molecular formula is C12H15NO2. The maximum atomic E-state index is 11.5. The lowest BCUT2D eigenvalue weighted by Gasteiger charge is -2.02. The average Bonchev–Trinajstić information content (AvgIpc) is 3.10. The van der Waals surface area contributed by atoms with Gasteiger partial charge in [0.2, 0.25) is 5.88 Å². The summed E-state index contributed by atoms with van der Waals surface area (Å²) in [6.45, 7) is 0. The number of rotatable bonds is 5. The monoisotopic (exact) mass is 205 g/mol. The second-order valence-corrected chi connectivity index (χ2v) is 3.91. The van der Waals surface area contributed by atoms with Crippen molar-refractivity contribution < 1.29 is 9.53 Å². The molecule has 0 N–H and O–H groups in total. The Morgan fingerprint density at radius 1 is 1.53 bits per heavy atom. The van der Waals surface area contributed by atoms with E-state index in [9.17, 15) is 4.79 Å². The van der Waals surface area contributed by atoms with E-state index in [1.54, 1.807) is 7.11 Å². The van der Waals surface area contributed by atoms with E-state index in [0.717, 1.165) is 25.0 Å². The Morgan fingerprint density at radius 2 is 2.33 bits per heavy atom. The fraction of sp³-hybridized carbons (Fsp3) is 0.500. The van der Waals surface area contributed by atoms with Gasteiger partial charge in [-0.25, -0.2) is 4.98 Å². The second kappa shape index (κ2) is 4.43. The van der Waals surface area contributed by atoms with Crippen molar-refractivity contribution in [2.75, 3.05) is 7.11 Å². The molecule has 1 aliphatic carbocycles. The van der Waals surface area contributed by atoms with Crippen LogP contribution in [0.5, 0.6) is 5.88 Å². The van der Waals surface area contributed by atoms with Crippen LogP contribution in [0.2, 0.25) is 0 Å². The molecule has 1 heterocycles. The predicted molar refractivity (Wildman–Crippen MR) is 56.8 cm³/mol. The van der Waals surface area contributed by atoms with Crippen LogP contribution in [0.15, 0.2) is 18.2 Å². The SMILES string of the molecule is COc1cccc(CCC(=O)C2CC2)n1. The number of aryl methyl sites for hydroxylation is 1. The van der Waals surface area contributed by atoms with Gasteiger partial charge in [0.15, 0.2) is 0 Å². The molecular weight excluding hydrogens is 190 g/mol. The van der Waals surface area contributed by atoms with E-state index in [4.69, 9.17) is 4.74 Å². The normalized spacial score (nSPS) is 15.0. The molecule has 80 valence electrons. The highest BCUT2D eigenvalue weighted by atomic mass is 16.5. The van der Waals surface area contributed by atoms with Gasteiger partial charge in [0.05, 0.1) is 7.11 Å². The van der Waals surface area contributed by atoms with Gasteiger partial charge < -0.3 is 4.74 Å². The summed E-state index contributed by atoms with van der Waals surface area (Å²) in [5.74, 6) is 1.36. The molecule has 0 aromatic carbocycles. The Kier molecular flexibility index (Phi) is 2.99. The summed E-state index contributed by atoms with van der Waals surface area (Å²) in [6.07, 6.45) is 3.52. The number of ether oxygens (including phenoxy) is 1. The van der Waals surface area contributed by atoms with Gasteiger partial charge in [0.1, 0.15) is 5.78 Å². The quantitative estimate of drug-likeness (QED) is 0.738. The minimum atomic E-state index is 0.357. The zero-order valence-corrected chi connectivity index (χ0v) is 8.90. The zero-order chi connectivity index (χ0) is 10.7. The molecule has 1 saturated carbocycles. The van der Waals surface area contributed by atoms with Crippen LogP contribution in [0.3, 0.4) is 0 Å². The van der Waals surface area contributed by atoms with Crippen molar-refractivity contribution in [3.63, 3.8) is 0 Å². The van der Waals surface area contributed by atoms with E-state index in [1.165, 1.54) is 0 Å². The largest absolute Gasteiger partial charge is 0.481 e. The van der Waals surface area contributed by atoms with Crippen LogP contribution in [0.4, 0.5) is 0 Å². The minimum Gasteiger partial charge on any atom is -0.481 e. The number of methoxy groups -OCH3 is 1. The van der Waals surface area contributed by atoms with E-state index in [0.29, 0.717) is 24.0 Å². The zero-order valence-electron chi connectivity index (χ0n) is 8.90. The number of hydrogen-bond acceptors (Lipinski definition) is 3. The number of aromatic nitrogens is 1. The average molecular weight is 205 g/mol. The second-order valence-electron chi connectivity index (χ2n) is 3.91. The van der Waals surface area contributed by atoms with Crippen molar-refractivity contribution in [2.24, 2.45) is 5.92 Å². The molecule has 0 radical (unpaired) electrons. The summed E-state index contributed by atoms with van der Waals surface area (Å²) in [4.78, 5) is 15.7. The first-order chi connectivity index (χ1) is 7.29. The number of hydrogen-bond donors (Lipinski definition) is 0. The summed E-state index contributed by atoms with van der Waals surface area (Å²) >= 11 is 0. The maximum Gasteiger partial charge on any atom is 0.213 e. The number of nitrogens with zero attached hydrogens (tertiary/aromatic N) is 1. The fourth-order valence-electron chi connectivity index (χ4n) is 1.57. The van der Waals surface area contributed by atoms with Gasteiger partial charge >= 0.3 is 0 Å². The summed E-state index contributed by atoms with van der Waals surface area (Å²) in [6, 6.07) is 5.65. The molecule has 2 rings (SSSR count). The standard InChI is InChI=1S/C12H15NO2/c1-15-12-4-2-3-10(13-12)7-8-11(14)9-5-6-9/h2-4,9H,5-8H2,1H3.